The van der Waals surface area contributed by atoms with Crippen LogP contribution in [0.25, 0.3) is 0 Å². The van der Waals surface area contributed by atoms with E-state index in [1.807, 2.05) is 0 Å². The molecule has 0 radical (unpaired) electrons. The fraction of sp³-hybridized carbons (Fsp3) is 0.455. The molecule has 1 rings (SSSR count). The van der Waals surface area contributed by atoms with Crippen LogP contribution in [-0.2, 0) is 10.0 Å². The van der Waals surface area contributed by atoms with Gasteiger partial charge >= 0.3 is 0 Å². The zero-order valence-corrected chi connectivity index (χ0v) is 10.3. The third-order valence-corrected chi connectivity index (χ3v) is 3.55. The smallest absolute Gasteiger partial charge is 0.240 e. The highest BCUT2D eigenvalue weighted by Crippen LogP contribution is 2.06. The van der Waals surface area contributed by atoms with Crippen molar-refractivity contribution in [2.24, 2.45) is 0 Å². The Bertz CT molecular complexity index is 390. The topological polar surface area (TPSA) is 58.2 Å². The normalized spacial score (nSPS) is 11.6. The van der Waals surface area contributed by atoms with Gasteiger partial charge in [0.2, 0.25) is 10.0 Å². The van der Waals surface area contributed by atoms with Crippen LogP contribution in [0, 0.1) is 0 Å². The monoisotopic (exact) mass is 242 g/mol. The van der Waals surface area contributed by atoms with Gasteiger partial charge in [-0.1, -0.05) is 25.1 Å². The number of nitrogens with one attached hydrogen (secondary N) is 2. The molecular formula is C11H18N2O2S. The van der Waals surface area contributed by atoms with E-state index in [0.717, 1.165) is 13.0 Å². The molecule has 1 aromatic carbocycles. The molecule has 0 aliphatic heterocycles. The van der Waals surface area contributed by atoms with Crippen molar-refractivity contribution in [2.45, 2.75) is 18.2 Å². The molecule has 16 heavy (non-hydrogen) atoms. The Balaban J connectivity index is 2.41. The van der Waals surface area contributed by atoms with E-state index < -0.39 is 10.0 Å². The van der Waals surface area contributed by atoms with E-state index in [-0.39, 0.29) is 0 Å². The highest BCUT2D eigenvalue weighted by atomic mass is 32.2. The number of benzene rings is 1. The summed E-state index contributed by atoms with van der Waals surface area (Å²) >= 11 is 0. The van der Waals surface area contributed by atoms with E-state index in [9.17, 15) is 8.42 Å². The van der Waals surface area contributed by atoms with Crippen LogP contribution in [0.4, 0.5) is 0 Å². The molecule has 0 spiro atoms. The predicted molar refractivity (Wildman–Crippen MR) is 64.8 cm³/mol. The van der Waals surface area contributed by atoms with E-state index in [1.165, 1.54) is 0 Å². The van der Waals surface area contributed by atoms with Gasteiger partial charge in [-0.3, -0.25) is 0 Å². The first-order valence-electron chi connectivity index (χ1n) is 5.42. The molecule has 0 unspecified atom stereocenters. The summed E-state index contributed by atoms with van der Waals surface area (Å²) in [6.07, 6.45) is 1.05. The van der Waals surface area contributed by atoms with Crippen molar-refractivity contribution in [1.29, 1.82) is 0 Å². The molecule has 0 aromatic heterocycles. The summed E-state index contributed by atoms with van der Waals surface area (Å²) in [5, 5.41) is 3.13. The van der Waals surface area contributed by atoms with E-state index in [2.05, 4.69) is 17.0 Å². The summed E-state index contributed by atoms with van der Waals surface area (Å²) in [6, 6.07) is 8.39. The molecule has 0 aliphatic carbocycles. The van der Waals surface area contributed by atoms with Crippen LogP contribution in [0.5, 0.6) is 0 Å². The van der Waals surface area contributed by atoms with Gasteiger partial charge in [0.15, 0.2) is 0 Å². The summed E-state index contributed by atoms with van der Waals surface area (Å²) in [4.78, 5) is 0.311. The van der Waals surface area contributed by atoms with Crippen molar-refractivity contribution in [2.75, 3.05) is 19.6 Å². The summed E-state index contributed by atoms with van der Waals surface area (Å²) in [5.74, 6) is 0. The molecule has 90 valence electrons. The minimum absolute atomic E-state index is 0.311. The average molecular weight is 242 g/mol. The molecule has 0 fully saturated rings. The van der Waals surface area contributed by atoms with Crippen molar-refractivity contribution in [1.82, 2.24) is 10.0 Å². The van der Waals surface area contributed by atoms with Crippen molar-refractivity contribution >= 4 is 10.0 Å². The molecule has 0 atom stereocenters. The lowest BCUT2D eigenvalue weighted by atomic mass is 10.4. The van der Waals surface area contributed by atoms with Gasteiger partial charge in [0.05, 0.1) is 4.90 Å². The Kier molecular flexibility index (Phi) is 5.45. The Hall–Kier alpha value is -0.910. The van der Waals surface area contributed by atoms with Gasteiger partial charge in [-0.25, -0.2) is 13.1 Å². The number of hydrogen-bond acceptors (Lipinski definition) is 3. The standard InChI is InChI=1S/C11H18N2O2S/c1-2-8-12-9-10-13-16(14,15)11-6-4-3-5-7-11/h3-7,12-13H,2,8-10H2,1H3. The van der Waals surface area contributed by atoms with Crippen LogP contribution in [0.3, 0.4) is 0 Å². The largest absolute Gasteiger partial charge is 0.315 e. The molecule has 4 nitrogen and oxygen atoms in total. The number of hydrogen-bond donors (Lipinski definition) is 2. The van der Waals surface area contributed by atoms with Crippen LogP contribution < -0.4 is 10.0 Å². The zero-order valence-electron chi connectivity index (χ0n) is 9.44. The molecule has 2 N–H and O–H groups in total. The fourth-order valence-corrected chi connectivity index (χ4v) is 2.31. The molecule has 0 saturated carbocycles. The molecule has 5 heteroatoms. The van der Waals surface area contributed by atoms with Gasteiger partial charge < -0.3 is 5.32 Å². The molecular weight excluding hydrogens is 224 g/mol. The quantitative estimate of drug-likeness (QED) is 0.700. The Morgan fingerprint density at radius 3 is 2.38 bits per heavy atom. The molecule has 0 bridgehead atoms. The lowest BCUT2D eigenvalue weighted by Gasteiger charge is -2.06. The molecule has 1 aromatic rings. The molecule has 0 saturated heterocycles. The highest BCUT2D eigenvalue weighted by molar-refractivity contribution is 7.89. The fourth-order valence-electron chi connectivity index (χ4n) is 1.26. The summed E-state index contributed by atoms with van der Waals surface area (Å²) in [7, 11) is -3.34. The second-order valence-corrected chi connectivity index (χ2v) is 5.23. The van der Waals surface area contributed by atoms with Gasteiger partial charge in [0.25, 0.3) is 0 Å². The molecule has 0 heterocycles. The number of sulfonamides is 1. The number of rotatable bonds is 7. The first-order valence-corrected chi connectivity index (χ1v) is 6.90. The zero-order chi connectivity index (χ0) is 11.9. The Labute approximate surface area is 97.1 Å². The van der Waals surface area contributed by atoms with Gasteiger partial charge in [-0.2, -0.15) is 0 Å². The predicted octanol–water partition coefficient (Wildman–Crippen LogP) is 0.964. The van der Waals surface area contributed by atoms with E-state index >= 15 is 0 Å². The van der Waals surface area contributed by atoms with Gasteiger partial charge in [-0.15, -0.1) is 0 Å². The first-order chi connectivity index (χ1) is 7.67. The van der Waals surface area contributed by atoms with Crippen LogP contribution in [-0.4, -0.2) is 28.1 Å². The van der Waals surface area contributed by atoms with Crippen molar-refractivity contribution in [3.63, 3.8) is 0 Å². The van der Waals surface area contributed by atoms with Crippen LogP contribution in [0.2, 0.25) is 0 Å². The summed E-state index contributed by atoms with van der Waals surface area (Å²) in [5.41, 5.74) is 0. The lowest BCUT2D eigenvalue weighted by Crippen LogP contribution is -2.32. The molecule has 0 aliphatic rings. The third kappa shape index (κ3) is 4.30. The second kappa shape index (κ2) is 6.62. The van der Waals surface area contributed by atoms with Crippen LogP contribution in [0.15, 0.2) is 35.2 Å². The minimum atomic E-state index is -3.34. The maximum atomic E-state index is 11.7. The third-order valence-electron chi connectivity index (χ3n) is 2.07. The van der Waals surface area contributed by atoms with Gasteiger partial charge in [0, 0.05) is 13.1 Å². The Morgan fingerprint density at radius 1 is 1.06 bits per heavy atom. The second-order valence-electron chi connectivity index (χ2n) is 3.46. The lowest BCUT2D eigenvalue weighted by molar-refractivity contribution is 0.575. The maximum absolute atomic E-state index is 11.7. The average Bonchev–Trinajstić information content (AvgIpc) is 2.30. The van der Waals surface area contributed by atoms with Crippen LogP contribution in [0.1, 0.15) is 13.3 Å². The van der Waals surface area contributed by atoms with Crippen molar-refractivity contribution < 1.29 is 8.42 Å². The van der Waals surface area contributed by atoms with E-state index in [1.54, 1.807) is 30.3 Å². The van der Waals surface area contributed by atoms with E-state index in [4.69, 9.17) is 0 Å². The highest BCUT2D eigenvalue weighted by Gasteiger charge is 2.11. The Morgan fingerprint density at radius 2 is 1.75 bits per heavy atom. The maximum Gasteiger partial charge on any atom is 0.240 e. The van der Waals surface area contributed by atoms with Gasteiger partial charge in [0.1, 0.15) is 0 Å². The molecule has 0 amide bonds. The summed E-state index contributed by atoms with van der Waals surface area (Å²) in [6.45, 7) is 4.05. The summed E-state index contributed by atoms with van der Waals surface area (Å²) < 4.78 is 26.0. The SMILES string of the molecule is CCCNCCNS(=O)(=O)c1ccccc1. The van der Waals surface area contributed by atoms with Crippen molar-refractivity contribution in [3.8, 4) is 0 Å². The van der Waals surface area contributed by atoms with Crippen LogP contribution >= 0.6 is 0 Å². The van der Waals surface area contributed by atoms with Crippen molar-refractivity contribution in [3.05, 3.63) is 30.3 Å². The first kappa shape index (κ1) is 13.2. The van der Waals surface area contributed by atoms with Gasteiger partial charge in [-0.05, 0) is 25.1 Å². The van der Waals surface area contributed by atoms with E-state index in [0.29, 0.717) is 18.0 Å². The minimum Gasteiger partial charge on any atom is -0.315 e.